The van der Waals surface area contributed by atoms with Gasteiger partial charge in [-0.1, -0.05) is 35.8 Å². The summed E-state index contributed by atoms with van der Waals surface area (Å²) >= 11 is 0. The average molecular weight is 329 g/mol. The number of aryl methyl sites for hydroxylation is 1. The number of aromatic hydroxyl groups is 1. The van der Waals surface area contributed by atoms with Gasteiger partial charge in [-0.3, -0.25) is 4.79 Å². The molecule has 3 rings (SSSR count). The summed E-state index contributed by atoms with van der Waals surface area (Å²) < 4.78 is 2.06. The van der Waals surface area contributed by atoms with Gasteiger partial charge in [0.15, 0.2) is 0 Å². The van der Waals surface area contributed by atoms with Crippen LogP contribution in [0.1, 0.15) is 11.4 Å². The Labute approximate surface area is 139 Å². The number of aromatic nitrogens is 2. The van der Waals surface area contributed by atoms with Crippen molar-refractivity contribution in [1.82, 2.24) is 9.55 Å². The maximum Gasteiger partial charge on any atom is 0.326 e. The second kappa shape index (κ2) is 8.71. The van der Waals surface area contributed by atoms with Crippen molar-refractivity contribution < 1.29 is 25.5 Å². The zero-order valence-electron chi connectivity index (χ0n) is 13.0. The fraction of sp³-hybridized carbons (Fsp3) is 0.125. The molecule has 0 atom stereocenters. The Hall–Kier alpha value is -2.84. The number of imidazole rings is 1. The molecule has 1 aromatic heterocycles. The number of fused-ring (bicyclic) bond motifs is 1. The van der Waals surface area contributed by atoms with Crippen molar-refractivity contribution in [3.8, 4) is 5.75 Å². The van der Waals surface area contributed by atoms with E-state index in [-0.39, 0.29) is 17.7 Å². The highest BCUT2D eigenvalue weighted by Gasteiger charge is 2.10. The van der Waals surface area contributed by atoms with Crippen molar-refractivity contribution in [3.05, 3.63) is 53.9 Å². The Morgan fingerprint density at radius 2 is 1.83 bits per heavy atom. The number of nitrogens with zero attached hydrogens (tertiary/aromatic N) is 2. The summed E-state index contributed by atoms with van der Waals surface area (Å²) in [6, 6.07) is 13.1. The molecule has 0 saturated heterocycles. The summed E-state index contributed by atoms with van der Waals surface area (Å²) in [5, 5.41) is 25.7. The van der Waals surface area contributed by atoms with Crippen LogP contribution in [-0.2, 0) is 11.3 Å². The van der Waals surface area contributed by atoms with Crippen LogP contribution >= 0.6 is 0 Å². The molecule has 0 aliphatic heterocycles. The predicted molar refractivity (Wildman–Crippen MR) is 91.6 cm³/mol. The van der Waals surface area contributed by atoms with E-state index in [0.717, 1.165) is 29.8 Å². The maximum absolute atomic E-state index is 9.84. The van der Waals surface area contributed by atoms with Crippen LogP contribution in [0.2, 0.25) is 0 Å². The first kappa shape index (κ1) is 19.2. The predicted octanol–water partition coefficient (Wildman–Crippen LogP) is 0.212. The van der Waals surface area contributed by atoms with E-state index in [4.69, 9.17) is 14.9 Å². The number of rotatable bonds is 3. The molecule has 125 valence electrons. The van der Waals surface area contributed by atoms with E-state index in [1.165, 1.54) is 0 Å². The van der Waals surface area contributed by atoms with Crippen LogP contribution in [0.5, 0.6) is 5.75 Å². The minimum absolute atomic E-state index is 0. The van der Waals surface area contributed by atoms with Gasteiger partial charge in [-0.2, -0.15) is 0 Å². The minimum Gasteiger partial charge on any atom is -0.506 e. The second-order valence-electron chi connectivity index (χ2n) is 4.87. The van der Waals surface area contributed by atoms with Crippen molar-refractivity contribution in [2.45, 2.75) is 13.5 Å². The van der Waals surface area contributed by atoms with E-state index < -0.39 is 0 Å². The molecule has 7 nitrogen and oxygen atoms in total. The van der Waals surface area contributed by atoms with E-state index in [1.807, 2.05) is 43.3 Å². The van der Waals surface area contributed by atoms with Gasteiger partial charge in [-0.15, -0.1) is 0 Å². The molecule has 0 spiro atoms. The Bertz CT molecular complexity index is 802. The van der Waals surface area contributed by atoms with Gasteiger partial charge in [-0.05, 0) is 24.6 Å². The summed E-state index contributed by atoms with van der Waals surface area (Å²) in [6.45, 7) is 2.35. The smallest absolute Gasteiger partial charge is 0.326 e. The number of para-hydroxylation sites is 1. The summed E-state index contributed by atoms with van der Waals surface area (Å²) in [5.41, 5.74) is 3.44. The topological polar surface area (TPSA) is 127 Å². The van der Waals surface area contributed by atoms with E-state index in [9.17, 15) is 5.11 Å². The fourth-order valence-electron chi connectivity index (χ4n) is 2.34. The van der Waals surface area contributed by atoms with Crippen LogP contribution < -0.4 is 5.46 Å². The zero-order valence-corrected chi connectivity index (χ0v) is 13.0. The highest BCUT2D eigenvalue weighted by Crippen LogP contribution is 2.25. The zero-order chi connectivity index (χ0) is 16.8. The van der Waals surface area contributed by atoms with Crippen LogP contribution in [0.3, 0.4) is 0 Å². The standard InChI is InChI=1S/C15H14BN2O2.CH2O2.H2O/c1-10-17-15-13(3-2-4-14(15)19)18(10)9-11-5-7-12(16-20)8-6-11;2-1-3;/h2-8,19-20H,9H2,1H3;1H,(H,2,3);1H2. The number of carboxylic acid groups (broad SMARTS) is 1. The van der Waals surface area contributed by atoms with Crippen LogP contribution in [0.15, 0.2) is 42.5 Å². The molecule has 0 aliphatic rings. The van der Waals surface area contributed by atoms with Gasteiger partial charge < -0.3 is 25.3 Å². The second-order valence-corrected chi connectivity index (χ2v) is 4.87. The Balaban J connectivity index is 0.000000671. The van der Waals surface area contributed by atoms with Gasteiger partial charge in [0.2, 0.25) is 0 Å². The van der Waals surface area contributed by atoms with Gasteiger partial charge >= 0.3 is 7.48 Å². The number of hydrogen-bond acceptors (Lipinski definition) is 4. The van der Waals surface area contributed by atoms with Gasteiger partial charge in [-0.25, -0.2) is 4.98 Å². The maximum atomic E-state index is 9.84. The largest absolute Gasteiger partial charge is 0.506 e. The number of phenolic OH excluding ortho intramolecular Hbond substituents is 1. The summed E-state index contributed by atoms with van der Waals surface area (Å²) in [7, 11) is 1.08. The quantitative estimate of drug-likeness (QED) is 0.468. The van der Waals surface area contributed by atoms with Crippen LogP contribution in [0.25, 0.3) is 11.0 Å². The summed E-state index contributed by atoms with van der Waals surface area (Å²) in [6.07, 6.45) is 0. The fourth-order valence-corrected chi connectivity index (χ4v) is 2.34. The average Bonchev–Trinajstić information content (AvgIpc) is 2.87. The van der Waals surface area contributed by atoms with Crippen molar-refractivity contribution in [2.24, 2.45) is 0 Å². The molecule has 2 aromatic carbocycles. The molecular weight excluding hydrogens is 311 g/mol. The van der Waals surface area contributed by atoms with Crippen molar-refractivity contribution in [2.75, 3.05) is 0 Å². The Kier molecular flexibility index (Phi) is 6.97. The van der Waals surface area contributed by atoms with Gasteiger partial charge in [0.25, 0.3) is 6.47 Å². The molecule has 5 N–H and O–H groups in total. The third-order valence-corrected chi connectivity index (χ3v) is 3.42. The molecule has 1 radical (unpaired) electrons. The van der Waals surface area contributed by atoms with Crippen LogP contribution in [-0.4, -0.2) is 44.2 Å². The Morgan fingerprint density at radius 1 is 1.21 bits per heavy atom. The molecule has 0 bridgehead atoms. The SMILES string of the molecule is Cc1nc2c(O)cccc2n1Cc1ccc([B]O)cc1.O.O=CO. The molecule has 0 amide bonds. The number of phenols is 1. The van der Waals surface area contributed by atoms with Gasteiger partial charge in [0.1, 0.15) is 17.1 Å². The number of benzene rings is 2. The van der Waals surface area contributed by atoms with Crippen molar-refractivity contribution in [1.29, 1.82) is 0 Å². The molecule has 1 heterocycles. The van der Waals surface area contributed by atoms with Gasteiger partial charge in [0, 0.05) is 6.54 Å². The van der Waals surface area contributed by atoms with Crippen LogP contribution in [0.4, 0.5) is 0 Å². The first-order chi connectivity index (χ1) is 11.1. The summed E-state index contributed by atoms with van der Waals surface area (Å²) in [5.74, 6) is 1.06. The minimum atomic E-state index is -0.250. The lowest BCUT2D eigenvalue weighted by Crippen LogP contribution is -2.13. The van der Waals surface area contributed by atoms with Crippen molar-refractivity contribution >= 4 is 30.5 Å². The molecule has 3 aromatic rings. The number of hydrogen-bond donors (Lipinski definition) is 3. The van der Waals surface area contributed by atoms with E-state index in [1.54, 1.807) is 6.07 Å². The summed E-state index contributed by atoms with van der Waals surface area (Å²) in [4.78, 5) is 12.8. The molecule has 0 saturated carbocycles. The normalized spacial score (nSPS) is 9.58. The van der Waals surface area contributed by atoms with Gasteiger partial charge in [0.05, 0.1) is 5.52 Å². The lowest BCUT2D eigenvalue weighted by molar-refractivity contribution is -0.122. The first-order valence-electron chi connectivity index (χ1n) is 6.89. The monoisotopic (exact) mass is 329 g/mol. The van der Waals surface area contributed by atoms with E-state index in [2.05, 4.69) is 9.55 Å². The molecule has 0 unspecified atom stereocenters. The van der Waals surface area contributed by atoms with E-state index >= 15 is 0 Å². The molecule has 0 aliphatic carbocycles. The highest BCUT2D eigenvalue weighted by atomic mass is 16.3. The third kappa shape index (κ3) is 4.12. The lowest BCUT2D eigenvalue weighted by Gasteiger charge is -2.07. The van der Waals surface area contributed by atoms with Crippen LogP contribution in [0, 0.1) is 6.92 Å². The Morgan fingerprint density at radius 3 is 2.42 bits per heavy atom. The third-order valence-electron chi connectivity index (χ3n) is 3.42. The van der Waals surface area contributed by atoms with E-state index in [0.29, 0.717) is 12.1 Å². The molecule has 0 fully saturated rings. The first-order valence-corrected chi connectivity index (χ1v) is 6.89. The molecule has 24 heavy (non-hydrogen) atoms. The van der Waals surface area contributed by atoms with Crippen molar-refractivity contribution in [3.63, 3.8) is 0 Å². The lowest BCUT2D eigenvalue weighted by atomic mass is 9.88. The molecular formula is C16H18BN2O5. The highest BCUT2D eigenvalue weighted by molar-refractivity contribution is 6.45. The molecule has 8 heteroatoms. The number of carbonyl (C=O) groups is 1.